The second kappa shape index (κ2) is 8.39. The number of nitriles is 1. The van der Waals surface area contributed by atoms with Crippen molar-refractivity contribution < 1.29 is 18.0 Å². The number of hydrogen-bond acceptors (Lipinski definition) is 3. The predicted molar refractivity (Wildman–Crippen MR) is 92.9 cm³/mol. The maximum absolute atomic E-state index is 13.3. The smallest absolute Gasteiger partial charge is 0.355 e. The largest absolute Gasteiger partial charge is 0.417 e. The molecular formula is C19H18F3N3O. The van der Waals surface area contributed by atoms with Crippen molar-refractivity contribution in [2.75, 3.05) is 18.0 Å². The predicted octanol–water partition coefficient (Wildman–Crippen LogP) is 4.24. The first-order chi connectivity index (χ1) is 12.4. The molecule has 1 N–H and O–H groups in total. The van der Waals surface area contributed by atoms with Gasteiger partial charge in [-0.25, -0.2) is 0 Å². The Bertz CT molecular complexity index is 798. The van der Waals surface area contributed by atoms with Crippen molar-refractivity contribution >= 4 is 17.3 Å². The highest BCUT2D eigenvalue weighted by atomic mass is 19.4. The Labute approximate surface area is 149 Å². The van der Waals surface area contributed by atoms with Crippen molar-refractivity contribution in [1.29, 1.82) is 5.26 Å². The van der Waals surface area contributed by atoms with E-state index >= 15 is 0 Å². The summed E-state index contributed by atoms with van der Waals surface area (Å²) in [6.45, 7) is 2.27. The minimum atomic E-state index is -4.66. The van der Waals surface area contributed by atoms with E-state index in [-0.39, 0.29) is 18.1 Å². The maximum Gasteiger partial charge on any atom is 0.417 e. The number of rotatable bonds is 6. The maximum atomic E-state index is 13.3. The molecule has 0 saturated heterocycles. The van der Waals surface area contributed by atoms with Crippen LogP contribution >= 0.6 is 0 Å². The van der Waals surface area contributed by atoms with Gasteiger partial charge in [0, 0.05) is 17.9 Å². The number of nitrogens with one attached hydrogen (secondary N) is 1. The lowest BCUT2D eigenvalue weighted by Crippen LogP contribution is -2.35. The Morgan fingerprint density at radius 3 is 2.42 bits per heavy atom. The van der Waals surface area contributed by atoms with E-state index in [1.807, 2.05) is 6.92 Å². The highest BCUT2D eigenvalue weighted by Gasteiger charge is 2.34. The van der Waals surface area contributed by atoms with Gasteiger partial charge in [0.1, 0.15) is 6.54 Å². The number of amides is 1. The first-order valence-corrected chi connectivity index (χ1v) is 8.07. The quantitative estimate of drug-likeness (QED) is 0.837. The van der Waals surface area contributed by atoms with Gasteiger partial charge < -0.3 is 10.2 Å². The molecule has 0 saturated carbocycles. The topological polar surface area (TPSA) is 56.1 Å². The Balaban J connectivity index is 2.46. The van der Waals surface area contributed by atoms with Crippen molar-refractivity contribution in [1.82, 2.24) is 5.32 Å². The molecule has 0 atom stereocenters. The number of benzene rings is 2. The Hall–Kier alpha value is -3.01. The van der Waals surface area contributed by atoms with Crippen LogP contribution in [0.3, 0.4) is 0 Å². The molecule has 0 unspecified atom stereocenters. The molecule has 0 aliphatic heterocycles. The van der Waals surface area contributed by atoms with Gasteiger partial charge in [0.05, 0.1) is 17.2 Å². The van der Waals surface area contributed by atoms with Gasteiger partial charge in [-0.05, 0) is 36.8 Å². The highest BCUT2D eigenvalue weighted by Crippen LogP contribution is 2.36. The van der Waals surface area contributed by atoms with Crippen LogP contribution in [0.15, 0.2) is 48.5 Å². The van der Waals surface area contributed by atoms with Gasteiger partial charge in [-0.2, -0.15) is 18.4 Å². The lowest BCUT2D eigenvalue weighted by molar-refractivity contribution is -0.137. The Morgan fingerprint density at radius 1 is 1.15 bits per heavy atom. The zero-order valence-electron chi connectivity index (χ0n) is 14.2. The average Bonchev–Trinajstić information content (AvgIpc) is 2.64. The van der Waals surface area contributed by atoms with Crippen molar-refractivity contribution in [3.8, 4) is 6.07 Å². The number of alkyl halides is 3. The molecule has 0 aliphatic carbocycles. The summed E-state index contributed by atoms with van der Waals surface area (Å²) < 4.78 is 39.8. The minimum absolute atomic E-state index is 0.132. The van der Waals surface area contributed by atoms with E-state index in [4.69, 9.17) is 5.26 Å². The summed E-state index contributed by atoms with van der Waals surface area (Å²) in [6, 6.07) is 13.7. The fourth-order valence-electron chi connectivity index (χ4n) is 2.44. The normalized spacial score (nSPS) is 10.9. The minimum Gasteiger partial charge on any atom is -0.355 e. The van der Waals surface area contributed by atoms with Gasteiger partial charge in [0.25, 0.3) is 0 Å². The van der Waals surface area contributed by atoms with Crippen LogP contribution < -0.4 is 10.2 Å². The number of para-hydroxylation sites is 1. The number of carbonyl (C=O) groups excluding carboxylic acids is 1. The Morgan fingerprint density at radius 2 is 1.85 bits per heavy atom. The van der Waals surface area contributed by atoms with Crippen LogP contribution in [0, 0.1) is 11.3 Å². The molecule has 0 spiro atoms. The van der Waals surface area contributed by atoms with Gasteiger partial charge in [0.2, 0.25) is 5.91 Å². The molecule has 2 aromatic rings. The van der Waals surface area contributed by atoms with Crippen LogP contribution in [0.1, 0.15) is 24.5 Å². The molecule has 2 aromatic carbocycles. The monoisotopic (exact) mass is 361 g/mol. The van der Waals surface area contributed by atoms with E-state index in [1.165, 1.54) is 11.0 Å². The highest BCUT2D eigenvalue weighted by molar-refractivity contribution is 5.84. The first-order valence-electron chi connectivity index (χ1n) is 8.07. The van der Waals surface area contributed by atoms with Crippen LogP contribution in [0.2, 0.25) is 0 Å². The van der Waals surface area contributed by atoms with E-state index in [9.17, 15) is 18.0 Å². The second-order valence-electron chi connectivity index (χ2n) is 5.61. The lowest BCUT2D eigenvalue weighted by Gasteiger charge is -2.25. The van der Waals surface area contributed by atoms with Crippen molar-refractivity contribution in [3.63, 3.8) is 0 Å². The zero-order chi connectivity index (χ0) is 19.2. The summed E-state index contributed by atoms with van der Waals surface area (Å²) in [6.07, 6.45) is -3.90. The molecule has 136 valence electrons. The molecule has 0 aliphatic rings. The lowest BCUT2D eigenvalue weighted by atomic mass is 10.1. The molecule has 7 heteroatoms. The average molecular weight is 361 g/mol. The summed E-state index contributed by atoms with van der Waals surface area (Å²) in [7, 11) is 0. The summed E-state index contributed by atoms with van der Waals surface area (Å²) >= 11 is 0. The van der Waals surface area contributed by atoms with E-state index in [0.29, 0.717) is 12.2 Å². The summed E-state index contributed by atoms with van der Waals surface area (Å²) in [5.74, 6) is -0.298. The summed E-state index contributed by atoms with van der Waals surface area (Å²) in [5.41, 5.74) is -0.705. The molecule has 0 radical (unpaired) electrons. The van der Waals surface area contributed by atoms with E-state index < -0.39 is 17.3 Å². The third-order valence-corrected chi connectivity index (χ3v) is 3.68. The third-order valence-electron chi connectivity index (χ3n) is 3.68. The zero-order valence-corrected chi connectivity index (χ0v) is 14.2. The van der Waals surface area contributed by atoms with Gasteiger partial charge in [0.15, 0.2) is 0 Å². The number of anilines is 2. The molecule has 0 heterocycles. The van der Waals surface area contributed by atoms with Gasteiger partial charge >= 0.3 is 6.18 Å². The molecule has 4 nitrogen and oxygen atoms in total. The molecule has 0 fully saturated rings. The molecule has 26 heavy (non-hydrogen) atoms. The summed E-state index contributed by atoms with van der Waals surface area (Å²) in [5, 5.41) is 11.7. The SMILES string of the molecule is CCCNC(=O)CN(c1ccccc1)c1ccc(C#N)c(C(F)(F)F)c1. The number of hydrogen-bond donors (Lipinski definition) is 1. The van der Waals surface area contributed by atoms with Crippen LogP contribution in [0.25, 0.3) is 0 Å². The second-order valence-corrected chi connectivity index (χ2v) is 5.61. The van der Waals surface area contributed by atoms with Crippen LogP contribution in [-0.4, -0.2) is 19.0 Å². The fourth-order valence-corrected chi connectivity index (χ4v) is 2.44. The van der Waals surface area contributed by atoms with Crippen LogP contribution in [-0.2, 0) is 11.0 Å². The van der Waals surface area contributed by atoms with E-state index in [2.05, 4.69) is 5.32 Å². The van der Waals surface area contributed by atoms with Gasteiger partial charge in [-0.15, -0.1) is 0 Å². The van der Waals surface area contributed by atoms with E-state index in [1.54, 1.807) is 36.4 Å². The Kier molecular flexibility index (Phi) is 6.23. The van der Waals surface area contributed by atoms with E-state index in [0.717, 1.165) is 18.6 Å². The standard InChI is InChI=1S/C19H18F3N3O/c1-2-10-24-18(26)13-25(15-6-4-3-5-7-15)16-9-8-14(12-23)17(11-16)19(20,21)22/h3-9,11H,2,10,13H2,1H3,(H,24,26). The summed E-state index contributed by atoms with van der Waals surface area (Å²) in [4.78, 5) is 13.6. The van der Waals surface area contributed by atoms with Gasteiger partial charge in [-0.1, -0.05) is 25.1 Å². The van der Waals surface area contributed by atoms with Crippen LogP contribution in [0.5, 0.6) is 0 Å². The fraction of sp³-hybridized carbons (Fsp3) is 0.263. The third kappa shape index (κ3) is 4.76. The van der Waals surface area contributed by atoms with Crippen molar-refractivity contribution in [2.24, 2.45) is 0 Å². The molecule has 0 aromatic heterocycles. The number of carbonyl (C=O) groups is 1. The van der Waals surface area contributed by atoms with Gasteiger partial charge in [-0.3, -0.25) is 4.79 Å². The molecular weight excluding hydrogens is 343 g/mol. The first kappa shape index (κ1) is 19.3. The number of halogens is 3. The molecule has 2 rings (SSSR count). The van der Waals surface area contributed by atoms with Crippen molar-refractivity contribution in [2.45, 2.75) is 19.5 Å². The number of nitrogens with zero attached hydrogens (tertiary/aromatic N) is 2. The molecule has 1 amide bonds. The molecule has 0 bridgehead atoms. The van der Waals surface area contributed by atoms with Crippen LogP contribution in [0.4, 0.5) is 24.5 Å². The van der Waals surface area contributed by atoms with Crippen molar-refractivity contribution in [3.05, 3.63) is 59.7 Å².